The summed E-state index contributed by atoms with van der Waals surface area (Å²) in [6.45, 7) is 8.44. The largest absolute Gasteiger partial charge is 0.611 e. The Kier molecular flexibility index (Phi) is 8.73. The highest BCUT2D eigenvalue weighted by atomic mass is 17.0. The van der Waals surface area contributed by atoms with E-state index in [1.54, 1.807) is 0 Å². The number of hydrogen-bond donors (Lipinski definition) is 0. The molecule has 0 amide bonds. The maximum Gasteiger partial charge on any atom is 0.611 e. The minimum atomic E-state index is -1.92. The van der Waals surface area contributed by atoms with Gasteiger partial charge in [-0.05, 0) is 96.5 Å². The van der Waals surface area contributed by atoms with Crippen molar-refractivity contribution in [3.63, 3.8) is 0 Å². The van der Waals surface area contributed by atoms with Gasteiger partial charge in [-0.3, -0.25) is 0 Å². The van der Waals surface area contributed by atoms with Gasteiger partial charge in [-0.15, -0.1) is 0 Å². The SMILES string of the molecule is CCc1cccc(OC(Oc2cccc(CC)c2)(Oc2cccc(CC)c2)Oc2cccc(CC)c2)c1. The topological polar surface area (TPSA) is 36.9 Å². The van der Waals surface area contributed by atoms with Gasteiger partial charge in [-0.25, -0.2) is 0 Å². The number of ether oxygens (including phenoxy) is 4. The van der Waals surface area contributed by atoms with Gasteiger partial charge < -0.3 is 18.9 Å². The molecule has 0 aliphatic heterocycles. The second-order valence-electron chi connectivity index (χ2n) is 8.91. The van der Waals surface area contributed by atoms with E-state index >= 15 is 0 Å². The monoisotopic (exact) mass is 496 g/mol. The Hall–Kier alpha value is -3.92. The minimum Gasteiger partial charge on any atom is -0.386 e. The van der Waals surface area contributed by atoms with Crippen molar-refractivity contribution in [3.8, 4) is 23.0 Å². The first-order valence-electron chi connectivity index (χ1n) is 13.2. The highest BCUT2D eigenvalue weighted by Crippen LogP contribution is 2.31. The van der Waals surface area contributed by atoms with Crippen LogP contribution in [-0.2, 0) is 25.7 Å². The molecule has 4 nitrogen and oxygen atoms in total. The lowest BCUT2D eigenvalue weighted by molar-refractivity contribution is -0.367. The number of hydrogen-bond acceptors (Lipinski definition) is 4. The minimum absolute atomic E-state index is 0.587. The predicted molar refractivity (Wildman–Crippen MR) is 149 cm³/mol. The van der Waals surface area contributed by atoms with E-state index in [-0.39, 0.29) is 0 Å². The quantitative estimate of drug-likeness (QED) is 0.185. The molecule has 0 spiro atoms. The van der Waals surface area contributed by atoms with E-state index in [1.807, 2.05) is 72.8 Å². The summed E-state index contributed by atoms with van der Waals surface area (Å²) in [5.41, 5.74) is 4.56. The van der Waals surface area contributed by atoms with Crippen LogP contribution < -0.4 is 18.9 Å². The molecule has 0 saturated carbocycles. The van der Waals surface area contributed by atoms with Gasteiger partial charge in [0.25, 0.3) is 0 Å². The third-order valence-corrected chi connectivity index (χ3v) is 6.20. The molecule has 0 saturated heterocycles. The zero-order chi connectivity index (χ0) is 26.1. The van der Waals surface area contributed by atoms with Crippen LogP contribution in [0, 0.1) is 0 Å². The summed E-state index contributed by atoms with van der Waals surface area (Å²) < 4.78 is 26.0. The van der Waals surface area contributed by atoms with Crippen molar-refractivity contribution in [2.24, 2.45) is 0 Å². The first-order chi connectivity index (χ1) is 18.0. The molecule has 0 heterocycles. The van der Waals surface area contributed by atoms with E-state index < -0.39 is 6.16 Å². The normalized spacial score (nSPS) is 11.1. The maximum absolute atomic E-state index is 6.51. The Labute approximate surface area is 220 Å². The number of rotatable bonds is 12. The van der Waals surface area contributed by atoms with Gasteiger partial charge in [0.2, 0.25) is 0 Å². The Bertz CT molecular complexity index is 1090. The van der Waals surface area contributed by atoms with Gasteiger partial charge in [0, 0.05) is 0 Å². The zero-order valence-corrected chi connectivity index (χ0v) is 22.2. The summed E-state index contributed by atoms with van der Waals surface area (Å²) in [4.78, 5) is 0. The molecule has 4 aromatic rings. The Morgan fingerprint density at radius 2 is 0.649 bits per heavy atom. The Morgan fingerprint density at radius 1 is 0.405 bits per heavy atom. The van der Waals surface area contributed by atoms with E-state index in [0.717, 1.165) is 47.9 Å². The highest BCUT2D eigenvalue weighted by Gasteiger charge is 2.44. The van der Waals surface area contributed by atoms with E-state index in [1.165, 1.54) is 0 Å². The van der Waals surface area contributed by atoms with Crippen molar-refractivity contribution in [1.29, 1.82) is 0 Å². The van der Waals surface area contributed by atoms with Crippen molar-refractivity contribution < 1.29 is 18.9 Å². The van der Waals surface area contributed by atoms with Gasteiger partial charge in [0.05, 0.1) is 0 Å². The summed E-state index contributed by atoms with van der Waals surface area (Å²) in [5.74, 6) is 2.35. The van der Waals surface area contributed by atoms with E-state index in [0.29, 0.717) is 23.0 Å². The lowest BCUT2D eigenvalue weighted by atomic mass is 10.1. The van der Waals surface area contributed by atoms with E-state index in [4.69, 9.17) is 18.9 Å². The summed E-state index contributed by atoms with van der Waals surface area (Å²) in [5, 5.41) is 0. The lowest BCUT2D eigenvalue weighted by Crippen LogP contribution is -2.53. The van der Waals surface area contributed by atoms with Crippen molar-refractivity contribution in [3.05, 3.63) is 119 Å². The van der Waals surface area contributed by atoms with Crippen molar-refractivity contribution in [2.75, 3.05) is 0 Å². The molecule has 4 heteroatoms. The molecule has 0 aliphatic rings. The second-order valence-corrected chi connectivity index (χ2v) is 8.91. The fourth-order valence-electron chi connectivity index (χ4n) is 4.02. The first kappa shape index (κ1) is 26.2. The molecule has 0 N–H and O–H groups in total. The summed E-state index contributed by atoms with van der Waals surface area (Å²) >= 11 is 0. The number of benzene rings is 4. The zero-order valence-electron chi connectivity index (χ0n) is 22.2. The smallest absolute Gasteiger partial charge is 0.386 e. The van der Waals surface area contributed by atoms with E-state index in [9.17, 15) is 0 Å². The molecule has 0 unspecified atom stereocenters. The van der Waals surface area contributed by atoms with Crippen LogP contribution in [-0.4, -0.2) is 6.16 Å². The van der Waals surface area contributed by atoms with Crippen molar-refractivity contribution >= 4 is 0 Å². The molecule has 0 aromatic heterocycles. The molecule has 0 bridgehead atoms. The van der Waals surface area contributed by atoms with Crippen LogP contribution in [0.2, 0.25) is 0 Å². The van der Waals surface area contributed by atoms with Crippen molar-refractivity contribution in [1.82, 2.24) is 0 Å². The molecular weight excluding hydrogens is 460 g/mol. The average molecular weight is 497 g/mol. The average Bonchev–Trinajstić information content (AvgIpc) is 2.93. The predicted octanol–water partition coefficient (Wildman–Crippen LogP) is 8.16. The first-order valence-corrected chi connectivity index (χ1v) is 13.2. The standard InChI is InChI=1S/C33H36O4/c1-5-25-13-9-17-29(21-25)34-33(35-30-18-10-14-26(6-2)22-30,36-31-19-11-15-27(7-3)23-31)37-32-20-12-16-28(8-4)24-32/h9-24H,5-8H2,1-4H3. The molecule has 37 heavy (non-hydrogen) atoms. The fraction of sp³-hybridized carbons (Fsp3) is 0.273. The van der Waals surface area contributed by atoms with Crippen LogP contribution >= 0.6 is 0 Å². The summed E-state index contributed by atoms with van der Waals surface area (Å²) in [6, 6.07) is 31.6. The number of aryl methyl sites for hydroxylation is 4. The van der Waals surface area contributed by atoms with Crippen LogP contribution in [0.4, 0.5) is 0 Å². The maximum atomic E-state index is 6.51. The fourth-order valence-corrected chi connectivity index (χ4v) is 4.02. The summed E-state index contributed by atoms with van der Waals surface area (Å²) in [7, 11) is 0. The molecule has 4 rings (SSSR count). The van der Waals surface area contributed by atoms with Gasteiger partial charge >= 0.3 is 6.16 Å². The van der Waals surface area contributed by atoms with Crippen molar-refractivity contribution in [2.45, 2.75) is 59.5 Å². The van der Waals surface area contributed by atoms with Gasteiger partial charge in [-0.1, -0.05) is 76.2 Å². The second kappa shape index (κ2) is 12.4. The van der Waals surface area contributed by atoms with Crippen LogP contribution in [0.15, 0.2) is 97.1 Å². The molecule has 0 radical (unpaired) electrons. The molecule has 192 valence electrons. The molecule has 0 aliphatic carbocycles. The molecule has 0 fully saturated rings. The summed E-state index contributed by atoms with van der Waals surface area (Å²) in [6.07, 6.45) is 1.59. The molecule has 4 aromatic carbocycles. The lowest BCUT2D eigenvalue weighted by Gasteiger charge is -2.32. The third-order valence-electron chi connectivity index (χ3n) is 6.20. The highest BCUT2D eigenvalue weighted by molar-refractivity contribution is 5.34. The third kappa shape index (κ3) is 7.07. The molecule has 0 atom stereocenters. The Balaban J connectivity index is 1.83. The van der Waals surface area contributed by atoms with Crippen LogP contribution in [0.5, 0.6) is 23.0 Å². The van der Waals surface area contributed by atoms with Crippen LogP contribution in [0.1, 0.15) is 49.9 Å². The van der Waals surface area contributed by atoms with Gasteiger partial charge in [0.1, 0.15) is 23.0 Å². The van der Waals surface area contributed by atoms with Gasteiger partial charge in [-0.2, -0.15) is 0 Å². The van der Waals surface area contributed by atoms with Crippen LogP contribution in [0.25, 0.3) is 0 Å². The molecular formula is C33H36O4. The Morgan fingerprint density at radius 3 is 0.865 bits per heavy atom. The van der Waals surface area contributed by atoms with Gasteiger partial charge in [0.15, 0.2) is 0 Å². The van der Waals surface area contributed by atoms with Crippen LogP contribution in [0.3, 0.4) is 0 Å². The van der Waals surface area contributed by atoms with E-state index in [2.05, 4.69) is 52.0 Å².